The number of rotatable bonds is 5. The fourth-order valence-electron chi connectivity index (χ4n) is 1.74. The predicted octanol–water partition coefficient (Wildman–Crippen LogP) is 2.33. The first-order valence-corrected chi connectivity index (χ1v) is 6.23. The number of nitrogens with one attached hydrogen (secondary N) is 2. The van der Waals surface area contributed by atoms with Gasteiger partial charge in [-0.1, -0.05) is 24.9 Å². The van der Waals surface area contributed by atoms with Crippen molar-refractivity contribution in [3.05, 3.63) is 22.8 Å². The van der Waals surface area contributed by atoms with Crippen LogP contribution in [0, 0.1) is 0 Å². The number of nitrogens with two attached hydrogens (primary N) is 1. The van der Waals surface area contributed by atoms with Crippen molar-refractivity contribution < 1.29 is 4.79 Å². The third-order valence-electron chi connectivity index (χ3n) is 2.54. The highest BCUT2D eigenvalue weighted by Crippen LogP contribution is 2.18. The number of pyridine rings is 1. The van der Waals surface area contributed by atoms with Crippen molar-refractivity contribution in [2.75, 3.05) is 5.43 Å². The van der Waals surface area contributed by atoms with Crippen LogP contribution < -0.4 is 16.6 Å². The van der Waals surface area contributed by atoms with Crippen LogP contribution in [0.25, 0.3) is 0 Å². The monoisotopic (exact) mass is 270 g/mol. The van der Waals surface area contributed by atoms with Gasteiger partial charge in [-0.15, -0.1) is 0 Å². The summed E-state index contributed by atoms with van der Waals surface area (Å²) < 4.78 is 0. The maximum Gasteiger partial charge on any atom is 0.271 e. The van der Waals surface area contributed by atoms with Crippen molar-refractivity contribution in [1.29, 1.82) is 0 Å². The van der Waals surface area contributed by atoms with Gasteiger partial charge in [-0.2, -0.15) is 0 Å². The summed E-state index contributed by atoms with van der Waals surface area (Å²) in [5.74, 6) is 5.36. The van der Waals surface area contributed by atoms with Crippen LogP contribution in [0.5, 0.6) is 0 Å². The van der Waals surface area contributed by atoms with Crippen molar-refractivity contribution in [1.82, 2.24) is 10.3 Å². The van der Waals surface area contributed by atoms with Gasteiger partial charge in [0.25, 0.3) is 5.91 Å². The number of nitrogen functional groups attached to an aromatic ring is 1. The van der Waals surface area contributed by atoms with Crippen molar-refractivity contribution >= 4 is 23.3 Å². The first-order chi connectivity index (χ1) is 8.39. The quantitative estimate of drug-likeness (QED) is 0.567. The van der Waals surface area contributed by atoms with E-state index in [2.05, 4.69) is 22.7 Å². The van der Waals surface area contributed by atoms with Gasteiger partial charge in [-0.3, -0.25) is 4.79 Å². The van der Waals surface area contributed by atoms with Gasteiger partial charge in [0.1, 0.15) is 11.5 Å². The van der Waals surface area contributed by atoms with E-state index in [9.17, 15) is 4.79 Å². The zero-order valence-electron chi connectivity index (χ0n) is 10.9. The molecule has 1 heterocycles. The Bertz CT molecular complexity index is 434. The highest BCUT2D eigenvalue weighted by Gasteiger charge is 2.22. The van der Waals surface area contributed by atoms with Crippen LogP contribution in [0.4, 0.5) is 5.82 Å². The Morgan fingerprint density at radius 2 is 2.17 bits per heavy atom. The lowest BCUT2D eigenvalue weighted by molar-refractivity contribution is 0.0904. The maximum atomic E-state index is 12.1. The second-order valence-corrected chi connectivity index (χ2v) is 5.17. The van der Waals surface area contributed by atoms with Gasteiger partial charge < -0.3 is 10.7 Å². The fraction of sp³-hybridized carbons (Fsp3) is 0.500. The predicted molar refractivity (Wildman–Crippen MR) is 73.5 cm³/mol. The van der Waals surface area contributed by atoms with Crippen LogP contribution in [-0.4, -0.2) is 16.4 Å². The zero-order chi connectivity index (χ0) is 13.8. The number of nitrogens with zero attached hydrogens (tertiary/aromatic N) is 1. The number of amides is 1. The Morgan fingerprint density at radius 1 is 1.50 bits per heavy atom. The Balaban J connectivity index is 2.90. The standard InChI is InChI=1S/C12H19ClN4O/c1-4-7-12(2,3)16-11(18)10-8(13)5-6-9(15-10)17-14/h5-6H,4,7,14H2,1-3H3,(H,15,17)(H,16,18). The van der Waals surface area contributed by atoms with Crippen molar-refractivity contribution in [2.45, 2.75) is 39.2 Å². The molecule has 0 fully saturated rings. The highest BCUT2D eigenvalue weighted by atomic mass is 35.5. The molecule has 4 N–H and O–H groups in total. The molecule has 0 radical (unpaired) electrons. The van der Waals surface area contributed by atoms with Crippen molar-refractivity contribution in [3.63, 3.8) is 0 Å². The van der Waals surface area contributed by atoms with Crippen LogP contribution in [0.15, 0.2) is 12.1 Å². The molecule has 0 spiro atoms. The lowest BCUT2D eigenvalue weighted by Crippen LogP contribution is -2.43. The van der Waals surface area contributed by atoms with E-state index in [1.807, 2.05) is 13.8 Å². The molecule has 0 saturated heterocycles. The van der Waals surface area contributed by atoms with Gasteiger partial charge in [0.15, 0.2) is 0 Å². The summed E-state index contributed by atoms with van der Waals surface area (Å²) >= 11 is 5.96. The molecule has 0 aliphatic carbocycles. The van der Waals surface area contributed by atoms with E-state index in [4.69, 9.17) is 17.4 Å². The molecule has 0 atom stereocenters. The summed E-state index contributed by atoms with van der Waals surface area (Å²) in [6.07, 6.45) is 1.87. The summed E-state index contributed by atoms with van der Waals surface area (Å²) in [5, 5.41) is 3.22. The van der Waals surface area contributed by atoms with Crippen LogP contribution in [-0.2, 0) is 0 Å². The van der Waals surface area contributed by atoms with E-state index in [-0.39, 0.29) is 17.1 Å². The molecule has 100 valence electrons. The van der Waals surface area contributed by atoms with E-state index < -0.39 is 0 Å². The van der Waals surface area contributed by atoms with Crippen molar-refractivity contribution in [3.8, 4) is 0 Å². The maximum absolute atomic E-state index is 12.1. The van der Waals surface area contributed by atoms with E-state index >= 15 is 0 Å². The third kappa shape index (κ3) is 3.85. The van der Waals surface area contributed by atoms with Gasteiger partial charge in [0.2, 0.25) is 0 Å². The topological polar surface area (TPSA) is 80.0 Å². The number of aromatic nitrogens is 1. The summed E-state index contributed by atoms with van der Waals surface area (Å²) in [6, 6.07) is 3.20. The molecule has 6 heteroatoms. The number of halogens is 1. The molecule has 5 nitrogen and oxygen atoms in total. The molecule has 0 bridgehead atoms. The summed E-state index contributed by atoms with van der Waals surface area (Å²) in [5.41, 5.74) is 2.28. The fourth-order valence-corrected chi connectivity index (χ4v) is 1.93. The number of anilines is 1. The molecule has 18 heavy (non-hydrogen) atoms. The minimum Gasteiger partial charge on any atom is -0.346 e. The highest BCUT2D eigenvalue weighted by molar-refractivity contribution is 6.33. The molecule has 0 unspecified atom stereocenters. The van der Waals surface area contributed by atoms with Gasteiger partial charge in [0, 0.05) is 5.54 Å². The minimum absolute atomic E-state index is 0.177. The van der Waals surface area contributed by atoms with Gasteiger partial charge >= 0.3 is 0 Å². The van der Waals surface area contributed by atoms with Crippen LogP contribution in [0.2, 0.25) is 5.02 Å². The second kappa shape index (κ2) is 6.02. The molecular weight excluding hydrogens is 252 g/mol. The number of carbonyl (C=O) groups is 1. The van der Waals surface area contributed by atoms with E-state index in [1.165, 1.54) is 0 Å². The molecule has 1 aromatic rings. The molecule has 1 amide bonds. The second-order valence-electron chi connectivity index (χ2n) is 4.76. The van der Waals surface area contributed by atoms with Crippen LogP contribution in [0.1, 0.15) is 44.1 Å². The summed E-state index contributed by atoms with van der Waals surface area (Å²) in [4.78, 5) is 16.2. The van der Waals surface area contributed by atoms with E-state index in [0.717, 1.165) is 12.8 Å². The number of hydrazine groups is 1. The number of carbonyl (C=O) groups excluding carboxylic acids is 1. The molecule has 0 saturated carbocycles. The molecule has 1 rings (SSSR count). The Hall–Kier alpha value is -1.33. The van der Waals surface area contributed by atoms with Crippen LogP contribution >= 0.6 is 11.6 Å². The summed E-state index contributed by atoms with van der Waals surface area (Å²) in [6.45, 7) is 6.00. The number of hydrogen-bond donors (Lipinski definition) is 3. The average Bonchev–Trinajstić information content (AvgIpc) is 2.28. The average molecular weight is 271 g/mol. The lowest BCUT2D eigenvalue weighted by Gasteiger charge is -2.25. The van der Waals surface area contributed by atoms with E-state index in [0.29, 0.717) is 10.8 Å². The third-order valence-corrected chi connectivity index (χ3v) is 2.84. The number of hydrogen-bond acceptors (Lipinski definition) is 4. The Morgan fingerprint density at radius 3 is 2.72 bits per heavy atom. The first kappa shape index (κ1) is 14.7. The van der Waals surface area contributed by atoms with E-state index in [1.54, 1.807) is 12.1 Å². The van der Waals surface area contributed by atoms with Crippen LogP contribution in [0.3, 0.4) is 0 Å². The Kier molecular flexibility index (Phi) is 4.93. The zero-order valence-corrected chi connectivity index (χ0v) is 11.6. The normalized spacial score (nSPS) is 11.2. The largest absolute Gasteiger partial charge is 0.346 e. The molecule has 0 aromatic carbocycles. The molecular formula is C12H19ClN4O. The van der Waals surface area contributed by atoms with Gasteiger partial charge in [0.05, 0.1) is 5.02 Å². The van der Waals surface area contributed by atoms with Gasteiger partial charge in [-0.25, -0.2) is 10.8 Å². The molecule has 0 aliphatic rings. The lowest BCUT2D eigenvalue weighted by atomic mass is 9.99. The van der Waals surface area contributed by atoms with Crippen molar-refractivity contribution in [2.24, 2.45) is 5.84 Å². The molecule has 0 aliphatic heterocycles. The Labute approximate surface area is 112 Å². The SMILES string of the molecule is CCCC(C)(C)NC(=O)c1nc(NN)ccc1Cl. The first-order valence-electron chi connectivity index (χ1n) is 5.85. The van der Waals surface area contributed by atoms with Gasteiger partial charge in [-0.05, 0) is 32.4 Å². The molecule has 1 aromatic heterocycles. The smallest absolute Gasteiger partial charge is 0.271 e. The summed E-state index contributed by atoms with van der Waals surface area (Å²) in [7, 11) is 0. The minimum atomic E-state index is -0.296.